The molecule has 1 aliphatic heterocycles. The molecule has 4 heteroatoms. The van der Waals surface area contributed by atoms with E-state index in [1.807, 2.05) is 12.1 Å². The molecule has 1 aromatic rings. The Hall–Kier alpha value is -0.440. The van der Waals surface area contributed by atoms with Crippen LogP contribution < -0.4 is 10.2 Å². The Morgan fingerprint density at radius 1 is 1.39 bits per heavy atom. The van der Waals surface area contributed by atoms with Gasteiger partial charge in [0.2, 0.25) is 0 Å². The zero-order valence-electron chi connectivity index (χ0n) is 10.8. The predicted molar refractivity (Wildman–Crippen MR) is 80.0 cm³/mol. The van der Waals surface area contributed by atoms with Gasteiger partial charge in [-0.2, -0.15) is 0 Å². The van der Waals surface area contributed by atoms with Gasteiger partial charge in [0.1, 0.15) is 0 Å². The monoisotopic (exact) mass is 286 g/mol. The lowest BCUT2D eigenvalue weighted by atomic mass is 10.1. The minimum absolute atomic E-state index is 0.549. The molecule has 18 heavy (non-hydrogen) atoms. The number of benzene rings is 1. The summed E-state index contributed by atoms with van der Waals surface area (Å²) in [5, 5.41) is 4.91. The molecule has 2 rings (SSSR count). The van der Waals surface area contributed by atoms with Crippen molar-refractivity contribution in [2.75, 3.05) is 24.5 Å². The molecule has 2 nitrogen and oxygen atoms in total. The second kappa shape index (κ2) is 6.65. The Labute approximate surface area is 119 Å². The minimum Gasteiger partial charge on any atom is -0.369 e. The molecule has 1 heterocycles. The highest BCUT2D eigenvalue weighted by Crippen LogP contribution is 2.33. The fourth-order valence-electron chi connectivity index (χ4n) is 2.50. The van der Waals surface area contributed by atoms with Crippen molar-refractivity contribution < 1.29 is 0 Å². The molecule has 0 saturated carbocycles. The topological polar surface area (TPSA) is 15.3 Å². The van der Waals surface area contributed by atoms with Gasteiger partial charge < -0.3 is 10.2 Å². The lowest BCUT2D eigenvalue weighted by molar-refractivity contribution is 0.502. The van der Waals surface area contributed by atoms with E-state index in [4.69, 9.17) is 23.2 Å². The van der Waals surface area contributed by atoms with E-state index in [1.165, 1.54) is 12.8 Å². The Kier molecular flexibility index (Phi) is 5.16. The summed E-state index contributed by atoms with van der Waals surface area (Å²) < 4.78 is 0. The van der Waals surface area contributed by atoms with Crippen molar-refractivity contribution in [3.8, 4) is 0 Å². The SMILES string of the molecule is CCCC1CN(c2cccc(Cl)c2Cl)CCCN1. The second-order valence-electron chi connectivity index (χ2n) is 4.81. The van der Waals surface area contributed by atoms with Crippen molar-refractivity contribution >= 4 is 28.9 Å². The van der Waals surface area contributed by atoms with E-state index in [2.05, 4.69) is 23.2 Å². The summed E-state index contributed by atoms with van der Waals surface area (Å²) in [4.78, 5) is 2.36. The number of anilines is 1. The molecule has 1 aromatic carbocycles. The molecule has 0 bridgehead atoms. The number of nitrogens with one attached hydrogen (secondary N) is 1. The molecule has 1 N–H and O–H groups in total. The summed E-state index contributed by atoms with van der Waals surface area (Å²) in [5.41, 5.74) is 1.06. The molecular weight excluding hydrogens is 267 g/mol. The molecule has 1 atom stereocenters. The van der Waals surface area contributed by atoms with Gasteiger partial charge in [-0.15, -0.1) is 0 Å². The van der Waals surface area contributed by atoms with Gasteiger partial charge in [-0.25, -0.2) is 0 Å². The fourth-order valence-corrected chi connectivity index (χ4v) is 2.91. The van der Waals surface area contributed by atoms with Crippen molar-refractivity contribution in [2.24, 2.45) is 0 Å². The van der Waals surface area contributed by atoms with E-state index < -0.39 is 0 Å². The molecule has 0 aromatic heterocycles. The molecule has 1 unspecified atom stereocenters. The summed E-state index contributed by atoms with van der Waals surface area (Å²) in [6, 6.07) is 6.42. The van der Waals surface area contributed by atoms with Gasteiger partial charge in [-0.05, 0) is 31.5 Å². The molecule has 0 aliphatic carbocycles. The number of hydrogen-bond acceptors (Lipinski definition) is 2. The largest absolute Gasteiger partial charge is 0.369 e. The van der Waals surface area contributed by atoms with E-state index in [1.54, 1.807) is 0 Å². The Bertz CT molecular complexity index is 395. The molecule has 1 aliphatic rings. The third kappa shape index (κ3) is 3.31. The quantitative estimate of drug-likeness (QED) is 0.905. The highest BCUT2D eigenvalue weighted by Gasteiger charge is 2.19. The van der Waals surface area contributed by atoms with Crippen LogP contribution in [0.2, 0.25) is 10.0 Å². The fraction of sp³-hybridized carbons (Fsp3) is 0.571. The Balaban J connectivity index is 2.17. The van der Waals surface area contributed by atoms with E-state index in [0.717, 1.165) is 31.7 Å². The molecule has 0 radical (unpaired) electrons. The highest BCUT2D eigenvalue weighted by molar-refractivity contribution is 6.43. The van der Waals surface area contributed by atoms with Crippen LogP contribution in [-0.4, -0.2) is 25.7 Å². The van der Waals surface area contributed by atoms with Crippen LogP contribution in [0.5, 0.6) is 0 Å². The summed E-state index contributed by atoms with van der Waals surface area (Å²) in [6.07, 6.45) is 3.55. The lowest BCUT2D eigenvalue weighted by Crippen LogP contribution is -2.37. The van der Waals surface area contributed by atoms with Crippen LogP contribution in [0.15, 0.2) is 18.2 Å². The van der Waals surface area contributed by atoms with Crippen LogP contribution in [0.1, 0.15) is 26.2 Å². The predicted octanol–water partition coefficient (Wildman–Crippen LogP) is 3.96. The molecule has 100 valence electrons. The summed E-state index contributed by atoms with van der Waals surface area (Å²) in [5.74, 6) is 0. The molecular formula is C14H20Cl2N2. The first-order valence-electron chi connectivity index (χ1n) is 6.64. The van der Waals surface area contributed by atoms with Gasteiger partial charge in [0.05, 0.1) is 15.7 Å². The van der Waals surface area contributed by atoms with Gasteiger partial charge in [0.25, 0.3) is 0 Å². The van der Waals surface area contributed by atoms with Crippen molar-refractivity contribution in [2.45, 2.75) is 32.2 Å². The number of halogens is 2. The average Bonchev–Trinajstić information content (AvgIpc) is 2.59. The smallest absolute Gasteiger partial charge is 0.0825 e. The van der Waals surface area contributed by atoms with Crippen LogP contribution in [0.4, 0.5) is 5.69 Å². The summed E-state index contributed by atoms with van der Waals surface area (Å²) in [7, 11) is 0. The molecule has 0 amide bonds. The Morgan fingerprint density at radius 3 is 3.00 bits per heavy atom. The first-order valence-corrected chi connectivity index (χ1v) is 7.40. The van der Waals surface area contributed by atoms with Crippen LogP contribution >= 0.6 is 23.2 Å². The maximum atomic E-state index is 6.31. The average molecular weight is 287 g/mol. The van der Waals surface area contributed by atoms with Crippen molar-refractivity contribution in [3.05, 3.63) is 28.2 Å². The van der Waals surface area contributed by atoms with Crippen LogP contribution in [0.3, 0.4) is 0 Å². The molecule has 1 fully saturated rings. The van der Waals surface area contributed by atoms with Crippen molar-refractivity contribution in [1.29, 1.82) is 0 Å². The van der Waals surface area contributed by atoms with Crippen molar-refractivity contribution in [1.82, 2.24) is 5.32 Å². The second-order valence-corrected chi connectivity index (χ2v) is 5.60. The highest BCUT2D eigenvalue weighted by atomic mass is 35.5. The van der Waals surface area contributed by atoms with Crippen LogP contribution in [0.25, 0.3) is 0 Å². The van der Waals surface area contributed by atoms with Gasteiger partial charge in [-0.1, -0.05) is 42.6 Å². The number of nitrogens with zero attached hydrogens (tertiary/aromatic N) is 1. The van der Waals surface area contributed by atoms with Gasteiger partial charge in [0, 0.05) is 19.1 Å². The standard InChI is InChI=1S/C14H20Cl2N2/c1-2-5-11-10-18(9-4-8-17-11)13-7-3-6-12(15)14(13)16/h3,6-7,11,17H,2,4-5,8-10H2,1H3. The van der Waals surface area contributed by atoms with Gasteiger partial charge >= 0.3 is 0 Å². The van der Waals surface area contributed by atoms with Crippen LogP contribution in [-0.2, 0) is 0 Å². The van der Waals surface area contributed by atoms with Gasteiger partial charge in [-0.3, -0.25) is 0 Å². The first kappa shape index (κ1) is 14.0. The normalized spacial score (nSPS) is 20.8. The lowest BCUT2D eigenvalue weighted by Gasteiger charge is -2.27. The Morgan fingerprint density at radius 2 is 2.22 bits per heavy atom. The summed E-state index contributed by atoms with van der Waals surface area (Å²) in [6.45, 7) is 5.35. The third-order valence-corrected chi connectivity index (χ3v) is 4.20. The first-order chi connectivity index (χ1) is 8.72. The maximum Gasteiger partial charge on any atom is 0.0825 e. The maximum absolute atomic E-state index is 6.31. The zero-order chi connectivity index (χ0) is 13.0. The number of rotatable bonds is 3. The van der Waals surface area contributed by atoms with Crippen molar-refractivity contribution in [3.63, 3.8) is 0 Å². The van der Waals surface area contributed by atoms with E-state index in [9.17, 15) is 0 Å². The van der Waals surface area contributed by atoms with Gasteiger partial charge in [0.15, 0.2) is 0 Å². The molecule has 0 spiro atoms. The van der Waals surface area contributed by atoms with E-state index >= 15 is 0 Å². The van der Waals surface area contributed by atoms with E-state index in [-0.39, 0.29) is 0 Å². The zero-order valence-corrected chi connectivity index (χ0v) is 12.3. The number of hydrogen-bond donors (Lipinski definition) is 1. The van der Waals surface area contributed by atoms with Crippen LogP contribution in [0, 0.1) is 0 Å². The molecule has 1 saturated heterocycles. The third-order valence-electron chi connectivity index (χ3n) is 3.39. The minimum atomic E-state index is 0.549. The van der Waals surface area contributed by atoms with E-state index in [0.29, 0.717) is 16.1 Å². The summed E-state index contributed by atoms with van der Waals surface area (Å²) >= 11 is 12.4.